The van der Waals surface area contributed by atoms with Crippen LogP contribution in [0.15, 0.2) is 30.3 Å². The number of nitrogens with one attached hydrogen (secondary N) is 2. The summed E-state index contributed by atoms with van der Waals surface area (Å²) >= 11 is 1.21. The first-order valence-corrected chi connectivity index (χ1v) is 8.93. The zero-order valence-electron chi connectivity index (χ0n) is 14.2. The summed E-state index contributed by atoms with van der Waals surface area (Å²) in [4.78, 5) is 37.3. The lowest BCUT2D eigenvalue weighted by molar-refractivity contribution is 0.0532. The summed E-state index contributed by atoms with van der Waals surface area (Å²) in [6, 6.07) is 7.72. The molecule has 0 saturated carbocycles. The van der Waals surface area contributed by atoms with Crippen molar-refractivity contribution in [3.8, 4) is 21.8 Å². The van der Waals surface area contributed by atoms with Gasteiger partial charge in [-0.2, -0.15) is 5.10 Å². The minimum Gasteiger partial charge on any atom is -0.462 e. The number of anilines is 1. The Morgan fingerprint density at radius 3 is 2.81 bits per heavy atom. The van der Waals surface area contributed by atoms with E-state index < -0.39 is 12.0 Å². The number of esters is 1. The molecule has 0 unspecified atom stereocenters. The SMILES string of the molecule is CCOC(=O)c1ccc(-c2[nH]nc3c2C(=O)c2c(NC(N)=O)cccc2-3)s1. The fraction of sp³-hybridized carbons (Fsp3) is 0.111. The van der Waals surface area contributed by atoms with Crippen molar-refractivity contribution in [1.82, 2.24) is 10.2 Å². The van der Waals surface area contributed by atoms with E-state index in [-0.39, 0.29) is 12.4 Å². The second-order valence-electron chi connectivity index (χ2n) is 5.75. The molecule has 27 heavy (non-hydrogen) atoms. The number of nitrogens with zero attached hydrogens (tertiary/aromatic N) is 1. The zero-order valence-corrected chi connectivity index (χ0v) is 15.0. The van der Waals surface area contributed by atoms with Gasteiger partial charge in [0, 0.05) is 5.56 Å². The number of carbonyl (C=O) groups excluding carboxylic acids is 3. The van der Waals surface area contributed by atoms with Crippen molar-refractivity contribution >= 4 is 34.8 Å². The molecule has 3 aromatic rings. The summed E-state index contributed by atoms with van der Waals surface area (Å²) in [7, 11) is 0. The number of fused-ring (bicyclic) bond motifs is 3. The van der Waals surface area contributed by atoms with Gasteiger partial charge in [0.2, 0.25) is 0 Å². The lowest BCUT2D eigenvalue weighted by Crippen LogP contribution is -2.20. The normalized spacial score (nSPS) is 11.8. The molecule has 2 amide bonds. The molecule has 0 radical (unpaired) electrons. The highest BCUT2D eigenvalue weighted by molar-refractivity contribution is 7.17. The summed E-state index contributed by atoms with van der Waals surface area (Å²) < 4.78 is 5.00. The number of amides is 2. The van der Waals surface area contributed by atoms with Crippen LogP contribution in [0.4, 0.5) is 10.5 Å². The highest BCUT2D eigenvalue weighted by Crippen LogP contribution is 2.44. The molecule has 1 aliphatic rings. The highest BCUT2D eigenvalue weighted by atomic mass is 32.1. The minimum atomic E-state index is -0.750. The Morgan fingerprint density at radius 2 is 2.07 bits per heavy atom. The fourth-order valence-electron chi connectivity index (χ4n) is 3.08. The van der Waals surface area contributed by atoms with Gasteiger partial charge in [-0.15, -0.1) is 11.3 Å². The summed E-state index contributed by atoms with van der Waals surface area (Å²) in [6.45, 7) is 2.02. The molecule has 8 nitrogen and oxygen atoms in total. The number of nitrogens with two attached hydrogens (primary N) is 1. The molecule has 0 fully saturated rings. The number of ketones is 1. The molecule has 0 saturated heterocycles. The van der Waals surface area contributed by atoms with Gasteiger partial charge in [-0.1, -0.05) is 12.1 Å². The van der Waals surface area contributed by atoms with E-state index in [2.05, 4.69) is 15.5 Å². The van der Waals surface area contributed by atoms with Gasteiger partial charge in [0.1, 0.15) is 10.6 Å². The second-order valence-corrected chi connectivity index (χ2v) is 6.84. The molecule has 9 heteroatoms. The summed E-state index contributed by atoms with van der Waals surface area (Å²) in [5.41, 5.74) is 7.94. The maximum absolute atomic E-state index is 13.0. The van der Waals surface area contributed by atoms with Gasteiger partial charge in [-0.3, -0.25) is 9.89 Å². The highest BCUT2D eigenvalue weighted by Gasteiger charge is 2.35. The van der Waals surface area contributed by atoms with Gasteiger partial charge < -0.3 is 15.8 Å². The molecular weight excluding hydrogens is 368 g/mol. The smallest absolute Gasteiger partial charge is 0.348 e. The van der Waals surface area contributed by atoms with Crippen molar-refractivity contribution < 1.29 is 19.1 Å². The third kappa shape index (κ3) is 2.68. The van der Waals surface area contributed by atoms with E-state index in [1.165, 1.54) is 11.3 Å². The Labute approximate surface area is 157 Å². The lowest BCUT2D eigenvalue weighted by atomic mass is 10.1. The quantitative estimate of drug-likeness (QED) is 0.468. The molecule has 0 bridgehead atoms. The van der Waals surface area contributed by atoms with Gasteiger partial charge >= 0.3 is 12.0 Å². The van der Waals surface area contributed by atoms with Crippen molar-refractivity contribution in [3.05, 3.63) is 46.3 Å². The Hall–Kier alpha value is -3.46. The molecule has 4 rings (SSSR count). The molecule has 1 aliphatic carbocycles. The number of rotatable bonds is 4. The maximum Gasteiger partial charge on any atom is 0.348 e. The van der Waals surface area contributed by atoms with E-state index in [1.807, 2.05) is 0 Å². The Balaban J connectivity index is 1.77. The maximum atomic E-state index is 13.0. The van der Waals surface area contributed by atoms with E-state index in [1.54, 1.807) is 37.3 Å². The number of urea groups is 1. The molecule has 4 N–H and O–H groups in total. The molecule has 0 spiro atoms. The van der Waals surface area contributed by atoms with Crippen LogP contribution in [0, 0.1) is 0 Å². The molecule has 0 atom stereocenters. The zero-order chi connectivity index (χ0) is 19.1. The van der Waals surface area contributed by atoms with Crippen LogP contribution in [0.5, 0.6) is 0 Å². The van der Waals surface area contributed by atoms with Crippen molar-refractivity contribution in [1.29, 1.82) is 0 Å². The van der Waals surface area contributed by atoms with Crippen molar-refractivity contribution in [2.75, 3.05) is 11.9 Å². The largest absolute Gasteiger partial charge is 0.462 e. The number of benzene rings is 1. The predicted octanol–water partition coefficient (Wildman–Crippen LogP) is 3.02. The van der Waals surface area contributed by atoms with E-state index >= 15 is 0 Å². The van der Waals surface area contributed by atoms with Crippen LogP contribution in [0.2, 0.25) is 0 Å². The third-order valence-corrected chi connectivity index (χ3v) is 5.21. The van der Waals surface area contributed by atoms with Crippen LogP contribution in [-0.2, 0) is 4.74 Å². The second kappa shape index (κ2) is 6.36. The summed E-state index contributed by atoms with van der Waals surface area (Å²) in [5, 5.41) is 9.63. The van der Waals surface area contributed by atoms with Crippen molar-refractivity contribution in [2.45, 2.75) is 6.92 Å². The van der Waals surface area contributed by atoms with Gasteiger partial charge in [0.25, 0.3) is 0 Å². The fourth-order valence-corrected chi connectivity index (χ4v) is 3.98. The van der Waals surface area contributed by atoms with Crippen LogP contribution in [-0.4, -0.2) is 34.6 Å². The van der Waals surface area contributed by atoms with E-state index in [0.29, 0.717) is 43.5 Å². The number of carbonyl (C=O) groups is 3. The molecule has 1 aromatic carbocycles. The van der Waals surface area contributed by atoms with Gasteiger partial charge in [-0.05, 0) is 25.1 Å². The first-order valence-electron chi connectivity index (χ1n) is 8.11. The number of aromatic nitrogens is 2. The standard InChI is InChI=1S/C18H14N4O4S/c1-2-26-17(24)11-7-6-10(27-11)15-13-14(21-22-15)8-4-3-5-9(20-18(19)25)12(8)16(13)23/h3-7H,2H2,1H3,(H,21,22)(H3,19,20,25). The monoisotopic (exact) mass is 382 g/mol. The predicted molar refractivity (Wildman–Crippen MR) is 99.9 cm³/mol. The van der Waals surface area contributed by atoms with Crippen LogP contribution in [0.25, 0.3) is 21.8 Å². The van der Waals surface area contributed by atoms with Crippen LogP contribution >= 0.6 is 11.3 Å². The van der Waals surface area contributed by atoms with Gasteiger partial charge in [0.05, 0.1) is 34.0 Å². The first-order chi connectivity index (χ1) is 13.0. The first kappa shape index (κ1) is 17.0. The summed E-state index contributed by atoms with van der Waals surface area (Å²) in [6.07, 6.45) is 0. The molecule has 2 heterocycles. The number of aromatic amines is 1. The van der Waals surface area contributed by atoms with Crippen LogP contribution in [0.3, 0.4) is 0 Å². The minimum absolute atomic E-state index is 0.265. The van der Waals surface area contributed by atoms with Crippen LogP contribution in [0.1, 0.15) is 32.5 Å². The third-order valence-electron chi connectivity index (χ3n) is 4.13. The van der Waals surface area contributed by atoms with Crippen molar-refractivity contribution in [3.63, 3.8) is 0 Å². The molecule has 0 aliphatic heterocycles. The van der Waals surface area contributed by atoms with Gasteiger partial charge in [-0.25, -0.2) is 9.59 Å². The Kier molecular flexibility index (Phi) is 4.00. The van der Waals surface area contributed by atoms with Gasteiger partial charge in [0.15, 0.2) is 5.78 Å². The average Bonchev–Trinajstić information content (AvgIpc) is 3.32. The Bertz CT molecular complexity index is 1100. The number of ether oxygens (including phenoxy) is 1. The number of H-pyrrole nitrogens is 1. The van der Waals surface area contributed by atoms with Crippen LogP contribution < -0.4 is 11.1 Å². The van der Waals surface area contributed by atoms with E-state index in [9.17, 15) is 14.4 Å². The number of thiophene rings is 1. The number of primary amides is 1. The average molecular weight is 382 g/mol. The van der Waals surface area contributed by atoms with E-state index in [4.69, 9.17) is 10.5 Å². The Morgan fingerprint density at radius 1 is 1.26 bits per heavy atom. The van der Waals surface area contributed by atoms with E-state index in [0.717, 1.165) is 0 Å². The topological polar surface area (TPSA) is 127 Å². The molecule has 136 valence electrons. The lowest BCUT2D eigenvalue weighted by Gasteiger charge is -2.07. The number of hydrogen-bond donors (Lipinski definition) is 3. The number of hydrogen-bond acceptors (Lipinski definition) is 6. The molecule has 2 aromatic heterocycles. The molecular formula is C18H14N4O4S. The van der Waals surface area contributed by atoms with Crippen molar-refractivity contribution in [2.24, 2.45) is 5.73 Å². The summed E-state index contributed by atoms with van der Waals surface area (Å²) in [5.74, 6) is -0.674.